The van der Waals surface area contributed by atoms with Crippen molar-refractivity contribution in [2.24, 2.45) is 5.73 Å². The third-order valence-corrected chi connectivity index (χ3v) is 3.60. The predicted octanol–water partition coefficient (Wildman–Crippen LogP) is 0.227. The van der Waals surface area contributed by atoms with E-state index in [4.69, 9.17) is 18.0 Å². The molecule has 0 spiro atoms. The number of hydrogen-bond acceptors (Lipinski definition) is 3. The standard InChI is InChI=1S/C8H19N3O2S2/c1-4-5-10-15(12,13)11(7(2)3)6-8(9)14/h7,10H,4-6H2,1-3H3,(H2,9,14). The summed E-state index contributed by atoms with van der Waals surface area (Å²) in [5.74, 6) is 0. The molecule has 0 aromatic heterocycles. The highest BCUT2D eigenvalue weighted by molar-refractivity contribution is 7.87. The zero-order valence-electron chi connectivity index (χ0n) is 9.36. The molecule has 0 aliphatic heterocycles. The lowest BCUT2D eigenvalue weighted by Crippen LogP contribution is -2.48. The van der Waals surface area contributed by atoms with Gasteiger partial charge in [0.1, 0.15) is 0 Å². The Morgan fingerprint density at radius 3 is 2.40 bits per heavy atom. The molecule has 0 saturated heterocycles. The minimum Gasteiger partial charge on any atom is -0.392 e. The van der Waals surface area contributed by atoms with E-state index in [1.165, 1.54) is 4.31 Å². The first kappa shape index (κ1) is 14.8. The molecule has 0 aromatic rings. The maximum Gasteiger partial charge on any atom is 0.280 e. The van der Waals surface area contributed by atoms with Crippen LogP contribution in [0.3, 0.4) is 0 Å². The molecular formula is C8H19N3O2S2. The van der Waals surface area contributed by atoms with Gasteiger partial charge in [0.05, 0.1) is 11.5 Å². The van der Waals surface area contributed by atoms with Crippen LogP contribution in [-0.2, 0) is 10.2 Å². The lowest BCUT2D eigenvalue weighted by atomic mass is 10.4. The van der Waals surface area contributed by atoms with E-state index in [-0.39, 0.29) is 17.6 Å². The molecule has 0 aromatic carbocycles. The fourth-order valence-corrected chi connectivity index (χ4v) is 2.73. The van der Waals surface area contributed by atoms with Gasteiger partial charge in [-0.2, -0.15) is 12.7 Å². The lowest BCUT2D eigenvalue weighted by Gasteiger charge is -2.25. The SMILES string of the molecule is CCCNS(=O)(=O)N(CC(N)=S)C(C)C. The van der Waals surface area contributed by atoms with Crippen molar-refractivity contribution in [1.82, 2.24) is 9.03 Å². The van der Waals surface area contributed by atoms with Gasteiger partial charge in [-0.15, -0.1) is 0 Å². The summed E-state index contributed by atoms with van der Waals surface area (Å²) in [5, 5.41) is 0. The van der Waals surface area contributed by atoms with Crippen LogP contribution in [0.4, 0.5) is 0 Å². The molecule has 0 radical (unpaired) electrons. The Morgan fingerprint density at radius 2 is 2.07 bits per heavy atom. The quantitative estimate of drug-likeness (QED) is 0.637. The summed E-state index contributed by atoms with van der Waals surface area (Å²) >= 11 is 4.72. The molecule has 7 heteroatoms. The topological polar surface area (TPSA) is 75.4 Å². The van der Waals surface area contributed by atoms with E-state index < -0.39 is 10.2 Å². The van der Waals surface area contributed by atoms with Gasteiger partial charge in [0, 0.05) is 12.6 Å². The smallest absolute Gasteiger partial charge is 0.280 e. The zero-order chi connectivity index (χ0) is 12.1. The molecule has 3 N–H and O–H groups in total. The van der Waals surface area contributed by atoms with Crippen LogP contribution in [-0.4, -0.2) is 36.8 Å². The Hall–Kier alpha value is -0.240. The van der Waals surface area contributed by atoms with E-state index in [2.05, 4.69) is 4.72 Å². The van der Waals surface area contributed by atoms with Crippen molar-refractivity contribution in [3.8, 4) is 0 Å². The number of nitrogens with one attached hydrogen (secondary N) is 1. The van der Waals surface area contributed by atoms with E-state index >= 15 is 0 Å². The van der Waals surface area contributed by atoms with Gasteiger partial charge in [0.2, 0.25) is 0 Å². The van der Waals surface area contributed by atoms with Crippen molar-refractivity contribution in [2.45, 2.75) is 33.2 Å². The monoisotopic (exact) mass is 253 g/mol. The average Bonchev–Trinajstić information content (AvgIpc) is 2.10. The first-order chi connectivity index (χ1) is 6.81. The van der Waals surface area contributed by atoms with Crippen molar-refractivity contribution in [3.63, 3.8) is 0 Å². The number of hydrogen-bond donors (Lipinski definition) is 2. The average molecular weight is 253 g/mol. The van der Waals surface area contributed by atoms with Crippen molar-refractivity contribution in [1.29, 1.82) is 0 Å². The fourth-order valence-electron chi connectivity index (χ4n) is 1.01. The maximum absolute atomic E-state index is 11.8. The fraction of sp³-hybridized carbons (Fsp3) is 0.875. The molecule has 0 rings (SSSR count). The number of rotatable bonds is 7. The van der Waals surface area contributed by atoms with Gasteiger partial charge in [0.15, 0.2) is 0 Å². The molecule has 0 saturated carbocycles. The van der Waals surface area contributed by atoms with Crippen LogP contribution in [0, 0.1) is 0 Å². The minimum absolute atomic E-state index is 0.0754. The molecule has 0 fully saturated rings. The summed E-state index contributed by atoms with van der Waals surface area (Å²) in [4.78, 5) is 0.172. The molecule has 0 heterocycles. The second-order valence-corrected chi connectivity index (χ2v) is 5.74. The predicted molar refractivity (Wildman–Crippen MR) is 65.8 cm³/mol. The van der Waals surface area contributed by atoms with Crippen molar-refractivity contribution < 1.29 is 8.42 Å². The van der Waals surface area contributed by atoms with Gasteiger partial charge < -0.3 is 5.73 Å². The molecule has 0 aliphatic rings. The Kier molecular flexibility index (Phi) is 6.26. The third kappa shape index (κ3) is 5.41. The van der Waals surface area contributed by atoms with Crippen LogP contribution in [0.25, 0.3) is 0 Å². The third-order valence-electron chi connectivity index (χ3n) is 1.73. The second-order valence-electron chi connectivity index (χ2n) is 3.50. The molecule has 15 heavy (non-hydrogen) atoms. The molecular weight excluding hydrogens is 234 g/mol. The largest absolute Gasteiger partial charge is 0.392 e. The van der Waals surface area contributed by atoms with Crippen LogP contribution in [0.2, 0.25) is 0 Å². The highest BCUT2D eigenvalue weighted by Crippen LogP contribution is 2.04. The summed E-state index contributed by atoms with van der Waals surface area (Å²) in [5.41, 5.74) is 5.35. The molecule has 0 aliphatic carbocycles. The highest BCUT2D eigenvalue weighted by Gasteiger charge is 2.24. The maximum atomic E-state index is 11.8. The first-order valence-electron chi connectivity index (χ1n) is 4.86. The number of thiocarbonyl (C=S) groups is 1. The van der Waals surface area contributed by atoms with E-state index in [0.717, 1.165) is 6.42 Å². The van der Waals surface area contributed by atoms with E-state index in [9.17, 15) is 8.42 Å². The Morgan fingerprint density at radius 1 is 1.53 bits per heavy atom. The van der Waals surface area contributed by atoms with Crippen LogP contribution in [0.5, 0.6) is 0 Å². The van der Waals surface area contributed by atoms with Gasteiger partial charge in [-0.25, -0.2) is 4.72 Å². The van der Waals surface area contributed by atoms with Crippen molar-refractivity contribution in [2.75, 3.05) is 13.1 Å². The van der Waals surface area contributed by atoms with Crippen LogP contribution < -0.4 is 10.5 Å². The summed E-state index contributed by atoms with van der Waals surface area (Å²) in [6.07, 6.45) is 0.748. The summed E-state index contributed by atoms with van der Waals surface area (Å²) in [6, 6.07) is -0.166. The molecule has 90 valence electrons. The van der Waals surface area contributed by atoms with Crippen molar-refractivity contribution >= 4 is 27.4 Å². The normalized spacial score (nSPS) is 12.3. The number of nitrogens with zero attached hydrogens (tertiary/aromatic N) is 1. The Balaban J connectivity index is 4.67. The van der Waals surface area contributed by atoms with Crippen molar-refractivity contribution in [3.05, 3.63) is 0 Å². The van der Waals surface area contributed by atoms with Crippen LogP contribution in [0.15, 0.2) is 0 Å². The zero-order valence-corrected chi connectivity index (χ0v) is 11.0. The van der Waals surface area contributed by atoms with Gasteiger partial charge in [-0.3, -0.25) is 0 Å². The highest BCUT2D eigenvalue weighted by atomic mass is 32.2. The molecule has 0 bridgehead atoms. The summed E-state index contributed by atoms with van der Waals surface area (Å²) in [6.45, 7) is 5.96. The van der Waals surface area contributed by atoms with Crippen LogP contribution in [0.1, 0.15) is 27.2 Å². The summed E-state index contributed by atoms with van der Waals surface area (Å²) < 4.78 is 27.3. The first-order valence-corrected chi connectivity index (χ1v) is 6.70. The Bertz CT molecular complexity index is 301. The van der Waals surface area contributed by atoms with E-state index in [1.807, 2.05) is 6.92 Å². The van der Waals surface area contributed by atoms with Gasteiger partial charge in [-0.1, -0.05) is 19.1 Å². The lowest BCUT2D eigenvalue weighted by molar-refractivity contribution is 0.383. The molecule has 0 unspecified atom stereocenters. The Labute approximate surface area is 97.2 Å². The summed E-state index contributed by atoms with van der Waals surface area (Å²) in [7, 11) is -3.46. The minimum atomic E-state index is -3.46. The molecule has 0 amide bonds. The van der Waals surface area contributed by atoms with Gasteiger partial charge >= 0.3 is 0 Å². The van der Waals surface area contributed by atoms with Gasteiger partial charge in [0.25, 0.3) is 10.2 Å². The molecule has 0 atom stereocenters. The molecule has 5 nitrogen and oxygen atoms in total. The van der Waals surface area contributed by atoms with Crippen LogP contribution >= 0.6 is 12.2 Å². The second kappa shape index (κ2) is 6.37. The van der Waals surface area contributed by atoms with Gasteiger partial charge in [-0.05, 0) is 20.3 Å². The van der Waals surface area contributed by atoms with E-state index in [0.29, 0.717) is 6.54 Å². The van der Waals surface area contributed by atoms with E-state index in [1.54, 1.807) is 13.8 Å². The number of nitrogens with two attached hydrogens (primary N) is 1.